The molecule has 0 radical (unpaired) electrons. The van der Waals surface area contributed by atoms with E-state index in [9.17, 15) is 9.18 Å². The largest absolute Gasteiger partial charge is 0.295 e. The van der Waals surface area contributed by atoms with Gasteiger partial charge in [-0.2, -0.15) is 0 Å². The van der Waals surface area contributed by atoms with Crippen molar-refractivity contribution in [2.45, 2.75) is 6.92 Å². The number of carbonyl (C=O) groups excluding carboxylic acids is 1. The van der Waals surface area contributed by atoms with Crippen LogP contribution in [0.3, 0.4) is 0 Å². The maximum Gasteiger partial charge on any atom is 0.159 e. The van der Waals surface area contributed by atoms with Gasteiger partial charge < -0.3 is 0 Å². The van der Waals surface area contributed by atoms with Gasteiger partial charge in [0.15, 0.2) is 5.78 Å². The van der Waals surface area contributed by atoms with E-state index in [1.54, 1.807) is 30.6 Å². The lowest BCUT2D eigenvalue weighted by atomic mass is 10.0. The second-order valence-electron chi connectivity index (χ2n) is 3.52. The lowest BCUT2D eigenvalue weighted by Crippen LogP contribution is -1.94. The SMILES string of the molecule is CC(=O)c1cc(F)cc(-c2ccncc2)c1. The highest BCUT2D eigenvalue weighted by molar-refractivity contribution is 5.95. The molecular weight excluding hydrogens is 205 g/mol. The quantitative estimate of drug-likeness (QED) is 0.720. The van der Waals surface area contributed by atoms with E-state index in [0.717, 1.165) is 5.56 Å². The third-order valence-corrected chi connectivity index (χ3v) is 2.32. The van der Waals surface area contributed by atoms with Crippen LogP contribution in [0.4, 0.5) is 4.39 Å². The van der Waals surface area contributed by atoms with Crippen LogP contribution in [-0.4, -0.2) is 10.8 Å². The maximum absolute atomic E-state index is 13.3. The summed E-state index contributed by atoms with van der Waals surface area (Å²) in [5.74, 6) is -0.547. The number of carbonyl (C=O) groups is 1. The predicted molar refractivity (Wildman–Crippen MR) is 59.6 cm³/mol. The molecule has 16 heavy (non-hydrogen) atoms. The van der Waals surface area contributed by atoms with Crippen molar-refractivity contribution in [1.82, 2.24) is 4.98 Å². The maximum atomic E-state index is 13.3. The Balaban J connectivity index is 2.54. The Kier molecular flexibility index (Phi) is 2.77. The molecule has 1 aromatic heterocycles. The molecule has 80 valence electrons. The van der Waals surface area contributed by atoms with Crippen molar-refractivity contribution >= 4 is 5.78 Å². The summed E-state index contributed by atoms with van der Waals surface area (Å²) in [6.07, 6.45) is 3.27. The summed E-state index contributed by atoms with van der Waals surface area (Å²) in [5, 5.41) is 0. The first kappa shape index (κ1) is 10.5. The summed E-state index contributed by atoms with van der Waals surface area (Å²) >= 11 is 0. The topological polar surface area (TPSA) is 30.0 Å². The van der Waals surface area contributed by atoms with Crippen molar-refractivity contribution in [2.24, 2.45) is 0 Å². The molecule has 0 spiro atoms. The fourth-order valence-electron chi connectivity index (χ4n) is 1.50. The second kappa shape index (κ2) is 4.23. The lowest BCUT2D eigenvalue weighted by molar-refractivity contribution is 0.101. The van der Waals surface area contributed by atoms with Crippen molar-refractivity contribution in [1.29, 1.82) is 0 Å². The molecule has 0 aliphatic heterocycles. The zero-order valence-electron chi connectivity index (χ0n) is 8.77. The molecular formula is C13H10FNO. The highest BCUT2D eigenvalue weighted by Gasteiger charge is 2.05. The highest BCUT2D eigenvalue weighted by Crippen LogP contribution is 2.21. The Morgan fingerprint density at radius 2 is 1.81 bits per heavy atom. The van der Waals surface area contributed by atoms with Gasteiger partial charge >= 0.3 is 0 Å². The van der Waals surface area contributed by atoms with Crippen molar-refractivity contribution < 1.29 is 9.18 Å². The Labute approximate surface area is 92.8 Å². The molecule has 0 bridgehead atoms. The molecule has 1 heterocycles. The van der Waals surface area contributed by atoms with E-state index >= 15 is 0 Å². The third-order valence-electron chi connectivity index (χ3n) is 2.32. The first-order valence-electron chi connectivity index (χ1n) is 4.89. The molecule has 2 nitrogen and oxygen atoms in total. The van der Waals surface area contributed by atoms with Gasteiger partial charge in [-0.3, -0.25) is 9.78 Å². The molecule has 2 aromatic rings. The monoisotopic (exact) mass is 215 g/mol. The molecule has 0 N–H and O–H groups in total. The number of aromatic nitrogens is 1. The van der Waals surface area contributed by atoms with Gasteiger partial charge in [-0.25, -0.2) is 4.39 Å². The smallest absolute Gasteiger partial charge is 0.159 e. The zero-order chi connectivity index (χ0) is 11.5. The van der Waals surface area contributed by atoms with Gasteiger partial charge in [0.05, 0.1) is 0 Å². The summed E-state index contributed by atoms with van der Waals surface area (Å²) < 4.78 is 13.3. The average molecular weight is 215 g/mol. The number of halogens is 1. The normalized spacial score (nSPS) is 10.1. The van der Waals surface area contributed by atoms with E-state index in [1.807, 2.05) is 0 Å². The van der Waals surface area contributed by atoms with E-state index < -0.39 is 5.82 Å². The van der Waals surface area contributed by atoms with Gasteiger partial charge in [0.2, 0.25) is 0 Å². The van der Waals surface area contributed by atoms with Crippen LogP contribution in [-0.2, 0) is 0 Å². The van der Waals surface area contributed by atoms with Crippen LogP contribution in [0, 0.1) is 5.82 Å². The fourth-order valence-corrected chi connectivity index (χ4v) is 1.50. The van der Waals surface area contributed by atoms with Gasteiger partial charge in [0.1, 0.15) is 5.82 Å². The molecule has 0 saturated carbocycles. The van der Waals surface area contributed by atoms with Crippen LogP contribution in [0.25, 0.3) is 11.1 Å². The number of pyridine rings is 1. The van der Waals surface area contributed by atoms with Crippen LogP contribution < -0.4 is 0 Å². The van der Waals surface area contributed by atoms with Crippen LogP contribution in [0.5, 0.6) is 0 Å². The number of hydrogen-bond donors (Lipinski definition) is 0. The number of Topliss-reactive ketones (excluding diaryl/α,β-unsaturated/α-hetero) is 1. The van der Waals surface area contributed by atoms with Gasteiger partial charge in [0, 0.05) is 18.0 Å². The van der Waals surface area contributed by atoms with E-state index in [-0.39, 0.29) is 5.78 Å². The van der Waals surface area contributed by atoms with Crippen molar-refractivity contribution in [2.75, 3.05) is 0 Å². The fraction of sp³-hybridized carbons (Fsp3) is 0.0769. The molecule has 2 rings (SSSR count). The van der Waals surface area contributed by atoms with Gasteiger partial charge in [-0.15, -0.1) is 0 Å². The third kappa shape index (κ3) is 2.14. The zero-order valence-corrected chi connectivity index (χ0v) is 8.77. The standard InChI is InChI=1S/C13H10FNO/c1-9(16)11-6-12(8-13(14)7-11)10-2-4-15-5-3-10/h2-8H,1H3. The van der Waals surface area contributed by atoms with Crippen LogP contribution in [0.1, 0.15) is 17.3 Å². The minimum Gasteiger partial charge on any atom is -0.295 e. The first-order valence-corrected chi connectivity index (χ1v) is 4.89. The van der Waals surface area contributed by atoms with Gasteiger partial charge in [-0.05, 0) is 48.4 Å². The number of hydrogen-bond acceptors (Lipinski definition) is 2. The molecule has 0 atom stereocenters. The lowest BCUT2D eigenvalue weighted by Gasteiger charge is -2.03. The molecule has 3 heteroatoms. The van der Waals surface area contributed by atoms with Crippen LogP contribution >= 0.6 is 0 Å². The first-order chi connectivity index (χ1) is 7.66. The summed E-state index contributed by atoms with van der Waals surface area (Å²) in [6.45, 7) is 1.42. The average Bonchev–Trinajstić information content (AvgIpc) is 2.29. The molecule has 0 aliphatic rings. The van der Waals surface area contributed by atoms with E-state index in [0.29, 0.717) is 11.1 Å². The van der Waals surface area contributed by atoms with Crippen molar-refractivity contribution in [3.05, 3.63) is 54.1 Å². The number of benzene rings is 1. The number of ketones is 1. The Bertz CT molecular complexity index is 523. The molecule has 0 fully saturated rings. The summed E-state index contributed by atoms with van der Waals surface area (Å²) in [6, 6.07) is 7.88. The second-order valence-corrected chi connectivity index (χ2v) is 3.52. The number of rotatable bonds is 2. The molecule has 0 saturated heterocycles. The van der Waals surface area contributed by atoms with Crippen molar-refractivity contribution in [3.8, 4) is 11.1 Å². The summed E-state index contributed by atoms with van der Waals surface area (Å²) in [5.41, 5.74) is 1.91. The Hall–Kier alpha value is -2.03. The summed E-state index contributed by atoms with van der Waals surface area (Å²) in [4.78, 5) is 15.1. The van der Waals surface area contributed by atoms with E-state index in [2.05, 4.69) is 4.98 Å². The minimum absolute atomic E-state index is 0.144. The molecule has 1 aromatic carbocycles. The predicted octanol–water partition coefficient (Wildman–Crippen LogP) is 3.09. The molecule has 0 amide bonds. The van der Waals surface area contributed by atoms with Gasteiger partial charge in [0.25, 0.3) is 0 Å². The minimum atomic E-state index is -0.403. The Morgan fingerprint density at radius 1 is 1.12 bits per heavy atom. The molecule has 0 aliphatic carbocycles. The van der Waals surface area contributed by atoms with Crippen molar-refractivity contribution in [3.63, 3.8) is 0 Å². The Morgan fingerprint density at radius 3 is 2.44 bits per heavy atom. The molecule has 0 unspecified atom stereocenters. The van der Waals surface area contributed by atoms with Crippen LogP contribution in [0.2, 0.25) is 0 Å². The summed E-state index contributed by atoms with van der Waals surface area (Å²) in [7, 11) is 0. The van der Waals surface area contributed by atoms with Gasteiger partial charge in [-0.1, -0.05) is 0 Å². The van der Waals surface area contributed by atoms with E-state index in [1.165, 1.54) is 19.1 Å². The van der Waals surface area contributed by atoms with Crippen LogP contribution in [0.15, 0.2) is 42.7 Å². The number of nitrogens with zero attached hydrogens (tertiary/aromatic N) is 1. The highest BCUT2D eigenvalue weighted by atomic mass is 19.1. The van der Waals surface area contributed by atoms with E-state index in [4.69, 9.17) is 0 Å².